The fourth-order valence-corrected chi connectivity index (χ4v) is 3.61. The molecule has 7 nitrogen and oxygen atoms in total. The Morgan fingerprint density at radius 3 is 2.35 bits per heavy atom. The molecule has 0 saturated carbocycles. The lowest BCUT2D eigenvalue weighted by molar-refractivity contribution is 0.469. The smallest absolute Gasteiger partial charge is 0.244 e. The van der Waals surface area contributed by atoms with Gasteiger partial charge in [-0.05, 0) is 13.8 Å². The predicted octanol–water partition coefficient (Wildman–Crippen LogP) is 1.19. The third-order valence-electron chi connectivity index (χ3n) is 2.52. The molecule has 2 rings (SSSR count). The summed E-state index contributed by atoms with van der Waals surface area (Å²) in [6.45, 7) is 3.51. The zero-order valence-corrected chi connectivity index (χ0v) is 12.9. The van der Waals surface area contributed by atoms with Crippen molar-refractivity contribution >= 4 is 27.3 Å². The van der Waals surface area contributed by atoms with E-state index in [2.05, 4.69) is 25.0 Å². The van der Waals surface area contributed by atoms with Crippen LogP contribution < -0.4 is 10.0 Å². The van der Waals surface area contributed by atoms with Crippen LogP contribution in [0.25, 0.3) is 0 Å². The lowest BCUT2D eigenvalue weighted by Gasteiger charge is -2.23. The minimum absolute atomic E-state index is 0.0149. The molecule has 108 valence electrons. The fourth-order valence-electron chi connectivity index (χ4n) is 1.55. The van der Waals surface area contributed by atoms with Crippen molar-refractivity contribution in [1.82, 2.24) is 19.7 Å². The molecule has 0 unspecified atom stereocenters. The standard InChI is InChI=1S/C11H15N5O2S2/c1-11(2,9-13-4-5-19-9)16-20(17,18)8-6-14-10(12-3)15-7-8/h4-7,16H,1-3H3,(H,12,14,15). The Kier molecular flexibility index (Phi) is 4.02. The van der Waals surface area contributed by atoms with E-state index in [1.54, 1.807) is 32.5 Å². The SMILES string of the molecule is CNc1ncc(S(=O)(=O)NC(C)(C)c2nccs2)cn1. The van der Waals surface area contributed by atoms with Crippen molar-refractivity contribution < 1.29 is 8.42 Å². The number of rotatable bonds is 5. The monoisotopic (exact) mass is 313 g/mol. The van der Waals surface area contributed by atoms with Crippen molar-refractivity contribution in [3.63, 3.8) is 0 Å². The van der Waals surface area contributed by atoms with E-state index in [1.165, 1.54) is 23.7 Å². The average molecular weight is 313 g/mol. The van der Waals surface area contributed by atoms with Gasteiger partial charge >= 0.3 is 0 Å². The number of aromatic nitrogens is 3. The largest absolute Gasteiger partial charge is 0.357 e. The van der Waals surface area contributed by atoms with Crippen molar-refractivity contribution in [2.45, 2.75) is 24.3 Å². The van der Waals surface area contributed by atoms with Crippen molar-refractivity contribution in [1.29, 1.82) is 0 Å². The van der Waals surface area contributed by atoms with Crippen LogP contribution >= 0.6 is 11.3 Å². The van der Waals surface area contributed by atoms with Gasteiger partial charge in [0.15, 0.2) is 0 Å². The quantitative estimate of drug-likeness (QED) is 0.860. The molecule has 0 aliphatic rings. The molecule has 0 aliphatic carbocycles. The van der Waals surface area contributed by atoms with Crippen molar-refractivity contribution in [3.8, 4) is 0 Å². The van der Waals surface area contributed by atoms with Gasteiger partial charge in [0.05, 0.1) is 17.9 Å². The highest BCUT2D eigenvalue weighted by Gasteiger charge is 2.30. The van der Waals surface area contributed by atoms with E-state index in [-0.39, 0.29) is 4.90 Å². The van der Waals surface area contributed by atoms with Crippen molar-refractivity contribution in [2.75, 3.05) is 12.4 Å². The van der Waals surface area contributed by atoms with Crippen LogP contribution in [0.3, 0.4) is 0 Å². The number of anilines is 1. The van der Waals surface area contributed by atoms with Crippen LogP contribution in [-0.4, -0.2) is 30.4 Å². The van der Waals surface area contributed by atoms with Gasteiger partial charge in [-0.1, -0.05) is 0 Å². The number of hydrogen-bond acceptors (Lipinski definition) is 7. The Morgan fingerprint density at radius 1 is 1.20 bits per heavy atom. The second-order valence-corrected chi connectivity index (χ2v) is 7.14. The molecule has 0 spiro atoms. The molecular weight excluding hydrogens is 298 g/mol. The molecule has 0 aromatic carbocycles. The molecule has 0 amide bonds. The van der Waals surface area contributed by atoms with Gasteiger partial charge < -0.3 is 5.32 Å². The number of nitrogens with one attached hydrogen (secondary N) is 2. The minimum Gasteiger partial charge on any atom is -0.357 e. The Hall–Kier alpha value is -1.58. The van der Waals surface area contributed by atoms with Crippen LogP contribution in [0.1, 0.15) is 18.9 Å². The first-order chi connectivity index (χ1) is 9.35. The Morgan fingerprint density at radius 2 is 1.85 bits per heavy atom. The molecule has 2 heterocycles. The number of sulfonamides is 1. The fraction of sp³-hybridized carbons (Fsp3) is 0.364. The van der Waals surface area contributed by atoms with Gasteiger partial charge in [-0.25, -0.2) is 23.4 Å². The summed E-state index contributed by atoms with van der Waals surface area (Å²) in [5, 5.41) is 5.22. The summed E-state index contributed by atoms with van der Waals surface area (Å²) in [5.41, 5.74) is -0.797. The maximum absolute atomic E-state index is 12.3. The lowest BCUT2D eigenvalue weighted by atomic mass is 10.1. The van der Waals surface area contributed by atoms with Crippen LogP contribution in [0.2, 0.25) is 0 Å². The van der Waals surface area contributed by atoms with Gasteiger partial charge in [-0.15, -0.1) is 11.3 Å². The summed E-state index contributed by atoms with van der Waals surface area (Å²) < 4.78 is 27.2. The summed E-state index contributed by atoms with van der Waals surface area (Å²) in [6.07, 6.45) is 4.17. The van der Waals surface area contributed by atoms with Gasteiger partial charge in [0.2, 0.25) is 16.0 Å². The average Bonchev–Trinajstić information content (AvgIpc) is 2.92. The van der Waals surface area contributed by atoms with Gasteiger partial charge in [-0.2, -0.15) is 4.72 Å². The summed E-state index contributed by atoms with van der Waals surface area (Å²) >= 11 is 1.39. The molecule has 0 radical (unpaired) electrons. The van der Waals surface area contributed by atoms with E-state index in [1.807, 2.05) is 0 Å². The zero-order valence-electron chi connectivity index (χ0n) is 11.3. The Bertz CT molecular complexity index is 665. The second kappa shape index (κ2) is 5.43. The first kappa shape index (κ1) is 14.8. The third-order valence-corrected chi connectivity index (χ3v) is 5.23. The van der Waals surface area contributed by atoms with Crippen LogP contribution in [0.4, 0.5) is 5.95 Å². The molecule has 2 N–H and O–H groups in total. The predicted molar refractivity (Wildman–Crippen MR) is 77.0 cm³/mol. The third kappa shape index (κ3) is 3.11. The van der Waals surface area contributed by atoms with Crippen LogP contribution in [0.15, 0.2) is 28.9 Å². The minimum atomic E-state index is -3.71. The lowest BCUT2D eigenvalue weighted by Crippen LogP contribution is -2.40. The van der Waals surface area contributed by atoms with E-state index < -0.39 is 15.6 Å². The van der Waals surface area contributed by atoms with E-state index in [9.17, 15) is 8.42 Å². The molecule has 2 aromatic heterocycles. The van der Waals surface area contributed by atoms with Crippen molar-refractivity contribution in [2.24, 2.45) is 0 Å². The van der Waals surface area contributed by atoms with Crippen molar-refractivity contribution in [3.05, 3.63) is 29.0 Å². The first-order valence-electron chi connectivity index (χ1n) is 5.79. The van der Waals surface area contributed by atoms with E-state index in [4.69, 9.17) is 0 Å². The van der Waals surface area contributed by atoms with E-state index >= 15 is 0 Å². The number of thiazole rings is 1. The highest BCUT2D eigenvalue weighted by atomic mass is 32.2. The van der Waals surface area contributed by atoms with Crippen LogP contribution in [0.5, 0.6) is 0 Å². The summed E-state index contributed by atoms with van der Waals surface area (Å²) in [6, 6.07) is 0. The second-order valence-electron chi connectivity index (χ2n) is 4.56. The molecule has 0 fully saturated rings. The highest BCUT2D eigenvalue weighted by Crippen LogP contribution is 2.24. The van der Waals surface area contributed by atoms with Gasteiger partial charge in [0.1, 0.15) is 9.90 Å². The van der Waals surface area contributed by atoms with E-state index in [0.717, 1.165) is 0 Å². The first-order valence-corrected chi connectivity index (χ1v) is 8.15. The van der Waals surface area contributed by atoms with Crippen LogP contribution in [0, 0.1) is 0 Å². The van der Waals surface area contributed by atoms with Crippen LogP contribution in [-0.2, 0) is 15.6 Å². The van der Waals surface area contributed by atoms with E-state index in [0.29, 0.717) is 11.0 Å². The zero-order chi connectivity index (χ0) is 14.8. The molecule has 0 aliphatic heterocycles. The molecule has 0 atom stereocenters. The Labute approximate surface area is 121 Å². The number of hydrogen-bond donors (Lipinski definition) is 2. The normalized spacial score (nSPS) is 12.3. The maximum atomic E-state index is 12.3. The molecule has 2 aromatic rings. The molecule has 0 bridgehead atoms. The molecule has 20 heavy (non-hydrogen) atoms. The van der Waals surface area contributed by atoms with Gasteiger partial charge in [0, 0.05) is 18.6 Å². The van der Waals surface area contributed by atoms with Gasteiger partial charge in [-0.3, -0.25) is 0 Å². The molecule has 9 heteroatoms. The maximum Gasteiger partial charge on any atom is 0.244 e. The Balaban J connectivity index is 2.26. The summed E-state index contributed by atoms with van der Waals surface area (Å²) in [4.78, 5) is 12.0. The summed E-state index contributed by atoms with van der Waals surface area (Å²) in [7, 11) is -2.05. The molecular formula is C11H15N5O2S2. The topological polar surface area (TPSA) is 96.9 Å². The number of nitrogens with zero attached hydrogens (tertiary/aromatic N) is 3. The highest BCUT2D eigenvalue weighted by molar-refractivity contribution is 7.89. The molecule has 0 saturated heterocycles. The van der Waals surface area contributed by atoms with Gasteiger partial charge in [0.25, 0.3) is 0 Å². The summed E-state index contributed by atoms with van der Waals surface area (Å²) in [5.74, 6) is 0.364.